The highest BCUT2D eigenvalue weighted by molar-refractivity contribution is 6.16. The highest BCUT2D eigenvalue weighted by atomic mass is 15.1. The Morgan fingerprint density at radius 1 is 0.246 bits per heavy atom. The lowest BCUT2D eigenvalue weighted by Gasteiger charge is -2.30. The molecule has 0 atom stereocenters. The van der Waals surface area contributed by atoms with Crippen LogP contribution in [0.25, 0.3) is 87.6 Å². The second kappa shape index (κ2) is 16.5. The van der Waals surface area contributed by atoms with Gasteiger partial charge in [-0.15, -0.1) is 0 Å². The van der Waals surface area contributed by atoms with E-state index < -0.39 is 0 Å². The molecule has 0 saturated carbocycles. The molecule has 11 rings (SSSR count). The average Bonchev–Trinajstić information content (AvgIpc) is 3.35. The van der Waals surface area contributed by atoms with Crippen LogP contribution < -0.4 is 4.90 Å². The Hall–Kier alpha value is -7.74. The van der Waals surface area contributed by atoms with Crippen LogP contribution in [0, 0.1) is 0 Å². The van der Waals surface area contributed by atoms with Crippen molar-refractivity contribution in [2.24, 2.45) is 0 Å². The van der Waals surface area contributed by atoms with Gasteiger partial charge in [-0.25, -0.2) is 0 Å². The molecule has 290 valence electrons. The zero-order valence-electron chi connectivity index (χ0n) is 34.5. The maximum atomic E-state index is 2.48. The zero-order valence-corrected chi connectivity index (χ0v) is 34.5. The summed E-state index contributed by atoms with van der Waals surface area (Å²) in [7, 11) is 0. The average molecular weight is 780 g/mol. The van der Waals surface area contributed by atoms with Crippen LogP contribution in [0.4, 0.5) is 17.1 Å². The molecule has 0 aromatic heterocycles. The number of hydrogen-bond acceptors (Lipinski definition) is 1. The molecular weight excluding hydrogens is 735 g/mol. The molecule has 61 heavy (non-hydrogen) atoms. The predicted octanol–water partition coefficient (Wildman–Crippen LogP) is 17.5. The Balaban J connectivity index is 0.00000220. The van der Waals surface area contributed by atoms with Gasteiger partial charge in [-0.1, -0.05) is 202 Å². The lowest BCUT2D eigenvalue weighted by Crippen LogP contribution is -2.12. The summed E-state index contributed by atoms with van der Waals surface area (Å²) >= 11 is 0. The van der Waals surface area contributed by atoms with Crippen molar-refractivity contribution in [2.45, 2.75) is 13.8 Å². The summed E-state index contributed by atoms with van der Waals surface area (Å²) in [6.45, 7) is 4.00. The lowest BCUT2D eigenvalue weighted by molar-refractivity contribution is 1.28. The topological polar surface area (TPSA) is 3.24 Å². The highest BCUT2D eigenvalue weighted by Crippen LogP contribution is 2.47. The molecule has 0 unspecified atom stereocenters. The summed E-state index contributed by atoms with van der Waals surface area (Å²) in [5, 5.41) is 9.99. The molecule has 1 nitrogen and oxygen atoms in total. The van der Waals surface area contributed by atoms with Crippen molar-refractivity contribution in [3.8, 4) is 44.5 Å². The lowest BCUT2D eigenvalue weighted by atomic mass is 9.91. The van der Waals surface area contributed by atoms with E-state index in [0.717, 1.165) is 28.2 Å². The zero-order chi connectivity index (χ0) is 41.1. The fourth-order valence-electron chi connectivity index (χ4n) is 9.04. The molecule has 11 aromatic rings. The van der Waals surface area contributed by atoms with Crippen molar-refractivity contribution in [3.05, 3.63) is 237 Å². The van der Waals surface area contributed by atoms with E-state index in [1.807, 2.05) is 13.8 Å². The van der Waals surface area contributed by atoms with Crippen LogP contribution >= 0.6 is 0 Å². The number of hydrogen-bond donors (Lipinski definition) is 0. The van der Waals surface area contributed by atoms with E-state index in [9.17, 15) is 0 Å². The molecule has 0 aliphatic heterocycles. The van der Waals surface area contributed by atoms with Crippen molar-refractivity contribution in [1.82, 2.24) is 0 Å². The van der Waals surface area contributed by atoms with Crippen LogP contribution in [0.15, 0.2) is 237 Å². The van der Waals surface area contributed by atoms with Gasteiger partial charge >= 0.3 is 0 Å². The van der Waals surface area contributed by atoms with Crippen molar-refractivity contribution in [3.63, 3.8) is 0 Å². The first-order valence-electron chi connectivity index (χ1n) is 21.3. The van der Waals surface area contributed by atoms with Crippen molar-refractivity contribution < 1.29 is 0 Å². The van der Waals surface area contributed by atoms with E-state index in [1.54, 1.807) is 0 Å². The Morgan fingerprint density at radius 2 is 0.672 bits per heavy atom. The second-order valence-corrected chi connectivity index (χ2v) is 15.3. The van der Waals surface area contributed by atoms with Crippen LogP contribution in [0.5, 0.6) is 0 Å². The van der Waals surface area contributed by atoms with Gasteiger partial charge in [0, 0.05) is 16.9 Å². The summed E-state index contributed by atoms with van der Waals surface area (Å²) in [4.78, 5) is 2.48. The number of fused-ring (bicyclic) bond motifs is 6. The van der Waals surface area contributed by atoms with Gasteiger partial charge in [0.2, 0.25) is 0 Å². The number of anilines is 3. The molecule has 1 heteroatoms. The third-order valence-electron chi connectivity index (χ3n) is 11.8. The van der Waals surface area contributed by atoms with Gasteiger partial charge in [-0.3, -0.25) is 0 Å². The maximum absolute atomic E-state index is 2.48. The smallest absolute Gasteiger partial charge is 0.0540 e. The van der Waals surface area contributed by atoms with Crippen LogP contribution in [0.1, 0.15) is 13.8 Å². The van der Waals surface area contributed by atoms with Gasteiger partial charge in [0.1, 0.15) is 0 Å². The monoisotopic (exact) mass is 779 g/mol. The van der Waals surface area contributed by atoms with E-state index in [4.69, 9.17) is 0 Å². The molecule has 0 heterocycles. The molecule has 0 fully saturated rings. The highest BCUT2D eigenvalue weighted by Gasteiger charge is 2.22. The first-order valence-corrected chi connectivity index (χ1v) is 21.3. The SMILES string of the molecule is CC.c1ccc(-c2cc(-c3ccccc3)cc(N(c3cccc(-c4cc5ccccc5c5ccccc45)c3)c3ccccc3-c3cc4ccccc4c4ccccc34)c2)cc1. The third kappa shape index (κ3) is 7.01. The van der Waals surface area contributed by atoms with Crippen LogP contribution in [-0.4, -0.2) is 0 Å². The molecule has 0 aliphatic carbocycles. The van der Waals surface area contributed by atoms with Crippen molar-refractivity contribution in [1.29, 1.82) is 0 Å². The van der Waals surface area contributed by atoms with E-state index >= 15 is 0 Å². The quantitative estimate of drug-likeness (QED) is 0.146. The first-order chi connectivity index (χ1) is 30.3. The molecule has 0 bridgehead atoms. The fourth-order valence-corrected chi connectivity index (χ4v) is 9.04. The predicted molar refractivity (Wildman–Crippen MR) is 264 cm³/mol. The van der Waals surface area contributed by atoms with E-state index in [-0.39, 0.29) is 0 Å². The standard InChI is InChI=1S/C58H39N.C2H6/c1-3-18-40(19-4-1)45-34-46(41-20-5-2-6-21-41)37-48(36-45)59(47-25-17-24-42(35-47)56-38-43-22-7-9-26-49(43)51-28-11-13-30-53(51)56)58-33-16-15-32-55(58)57-39-44-23-8-10-27-50(44)52-29-12-14-31-54(52)57;1-2/h1-39H;1-2H3. The molecule has 0 N–H and O–H groups in total. The number of rotatable bonds is 7. The summed E-state index contributed by atoms with van der Waals surface area (Å²) in [5.74, 6) is 0. The summed E-state index contributed by atoms with van der Waals surface area (Å²) in [5.41, 5.74) is 12.7. The molecule has 0 amide bonds. The molecule has 0 spiro atoms. The summed E-state index contributed by atoms with van der Waals surface area (Å²) in [6, 6.07) is 86.5. The van der Waals surface area contributed by atoms with E-state index in [2.05, 4.69) is 241 Å². The second-order valence-electron chi connectivity index (χ2n) is 15.3. The molecular formula is C60H45N. The number of nitrogens with zero attached hydrogens (tertiary/aromatic N) is 1. The third-order valence-corrected chi connectivity index (χ3v) is 11.8. The summed E-state index contributed by atoms with van der Waals surface area (Å²) < 4.78 is 0. The Morgan fingerprint density at radius 3 is 1.26 bits per heavy atom. The number of para-hydroxylation sites is 1. The van der Waals surface area contributed by atoms with Crippen LogP contribution in [0.2, 0.25) is 0 Å². The van der Waals surface area contributed by atoms with Crippen LogP contribution in [-0.2, 0) is 0 Å². The molecule has 0 radical (unpaired) electrons. The van der Waals surface area contributed by atoms with Crippen molar-refractivity contribution in [2.75, 3.05) is 4.90 Å². The molecule has 0 saturated heterocycles. The van der Waals surface area contributed by atoms with Gasteiger partial charge in [0.25, 0.3) is 0 Å². The minimum absolute atomic E-state index is 1.08. The first kappa shape index (κ1) is 37.5. The largest absolute Gasteiger partial charge is 0.310 e. The van der Waals surface area contributed by atoms with E-state index in [1.165, 1.54) is 76.5 Å². The Bertz CT molecular complexity index is 3270. The van der Waals surface area contributed by atoms with Gasteiger partial charge in [0.05, 0.1) is 5.69 Å². The Labute approximate surface area is 358 Å². The van der Waals surface area contributed by atoms with Gasteiger partial charge < -0.3 is 4.90 Å². The van der Waals surface area contributed by atoms with Crippen LogP contribution in [0.3, 0.4) is 0 Å². The maximum Gasteiger partial charge on any atom is 0.0540 e. The fraction of sp³-hybridized carbons (Fsp3) is 0.0333. The van der Waals surface area contributed by atoms with Gasteiger partial charge in [-0.05, 0) is 131 Å². The molecule has 11 aromatic carbocycles. The minimum Gasteiger partial charge on any atom is -0.310 e. The summed E-state index contributed by atoms with van der Waals surface area (Å²) in [6.07, 6.45) is 0. The molecule has 0 aliphatic rings. The van der Waals surface area contributed by atoms with Gasteiger partial charge in [0.15, 0.2) is 0 Å². The van der Waals surface area contributed by atoms with Crippen molar-refractivity contribution >= 4 is 60.2 Å². The van der Waals surface area contributed by atoms with Gasteiger partial charge in [-0.2, -0.15) is 0 Å². The minimum atomic E-state index is 1.08. The van der Waals surface area contributed by atoms with E-state index in [0.29, 0.717) is 0 Å². The number of benzene rings is 11. The normalized spacial score (nSPS) is 11.1. The Kier molecular flexibility index (Phi) is 10.1.